The molecule has 4 rings (SSSR count). The van der Waals surface area contributed by atoms with Gasteiger partial charge in [0.2, 0.25) is 5.95 Å². The van der Waals surface area contributed by atoms with Crippen molar-refractivity contribution >= 4 is 22.5 Å². The summed E-state index contributed by atoms with van der Waals surface area (Å²) in [4.78, 5) is 9.05. The average molecular weight is 412 g/mol. The second-order valence-electron chi connectivity index (χ2n) is 6.44. The summed E-state index contributed by atoms with van der Waals surface area (Å²) in [6, 6.07) is 8.17. The van der Waals surface area contributed by atoms with Crippen LogP contribution in [-0.2, 0) is 13.1 Å². The van der Waals surface area contributed by atoms with E-state index in [0.717, 1.165) is 5.56 Å². The van der Waals surface area contributed by atoms with Crippen molar-refractivity contribution in [2.45, 2.75) is 13.1 Å². The van der Waals surface area contributed by atoms with Gasteiger partial charge in [-0.1, -0.05) is 0 Å². The molecule has 0 unspecified atom stereocenters. The molecule has 0 aliphatic carbocycles. The van der Waals surface area contributed by atoms with E-state index >= 15 is 0 Å². The number of ether oxygens (including phenoxy) is 3. The summed E-state index contributed by atoms with van der Waals surface area (Å²) >= 11 is 0. The molecule has 0 amide bonds. The van der Waals surface area contributed by atoms with Gasteiger partial charge in [0.1, 0.15) is 28.6 Å². The lowest BCUT2D eigenvalue weighted by Gasteiger charge is -2.13. The van der Waals surface area contributed by atoms with Gasteiger partial charge >= 0.3 is 0 Å². The second-order valence-corrected chi connectivity index (χ2v) is 6.44. The first-order valence-electron chi connectivity index (χ1n) is 9.15. The second kappa shape index (κ2) is 7.99. The number of nitrogens with zero attached hydrogens (tertiary/aromatic N) is 4. The van der Waals surface area contributed by atoms with Gasteiger partial charge in [-0.05, 0) is 18.2 Å². The lowest BCUT2D eigenvalue weighted by atomic mass is 10.2. The highest BCUT2D eigenvalue weighted by atomic mass is 19.1. The van der Waals surface area contributed by atoms with E-state index in [1.54, 1.807) is 20.3 Å². The van der Waals surface area contributed by atoms with Crippen LogP contribution in [0.15, 0.2) is 30.3 Å². The summed E-state index contributed by atoms with van der Waals surface area (Å²) in [6.45, 7) is 0.531. The highest BCUT2D eigenvalue weighted by molar-refractivity contribution is 5.96. The summed E-state index contributed by atoms with van der Waals surface area (Å²) in [6.07, 6.45) is 0. The number of rotatable bonds is 7. The summed E-state index contributed by atoms with van der Waals surface area (Å²) in [7, 11) is 4.65. The van der Waals surface area contributed by atoms with Gasteiger partial charge in [-0.3, -0.25) is 0 Å². The molecule has 2 heterocycles. The van der Waals surface area contributed by atoms with Crippen molar-refractivity contribution in [1.82, 2.24) is 19.6 Å². The summed E-state index contributed by atoms with van der Waals surface area (Å²) < 4.78 is 31.6. The number of anilines is 1. The van der Waals surface area contributed by atoms with Gasteiger partial charge < -0.3 is 25.3 Å². The Kier molecular flexibility index (Phi) is 5.23. The Morgan fingerprint density at radius 2 is 1.83 bits per heavy atom. The van der Waals surface area contributed by atoms with Gasteiger partial charge in [-0.25, -0.2) is 14.4 Å². The molecule has 0 radical (unpaired) electrons. The predicted molar refractivity (Wildman–Crippen MR) is 110 cm³/mol. The van der Waals surface area contributed by atoms with Crippen LogP contribution in [-0.4, -0.2) is 40.9 Å². The van der Waals surface area contributed by atoms with Crippen LogP contribution in [0.25, 0.3) is 16.6 Å². The fourth-order valence-electron chi connectivity index (χ4n) is 3.22. The van der Waals surface area contributed by atoms with Crippen LogP contribution in [0, 0.1) is 5.82 Å². The van der Waals surface area contributed by atoms with Gasteiger partial charge in [-0.2, -0.15) is 4.52 Å². The number of hydrogen-bond acceptors (Lipinski definition) is 8. The van der Waals surface area contributed by atoms with Crippen LogP contribution in [0.1, 0.15) is 11.4 Å². The molecule has 0 fully saturated rings. The van der Waals surface area contributed by atoms with Crippen LogP contribution in [0.5, 0.6) is 17.2 Å². The fourth-order valence-corrected chi connectivity index (χ4v) is 3.22. The minimum atomic E-state index is -0.455. The largest absolute Gasteiger partial charge is 0.497 e. The number of methoxy groups -OCH3 is 3. The van der Waals surface area contributed by atoms with Gasteiger partial charge in [0.15, 0.2) is 11.5 Å². The van der Waals surface area contributed by atoms with E-state index in [2.05, 4.69) is 20.4 Å². The summed E-state index contributed by atoms with van der Waals surface area (Å²) in [5, 5.41) is 8.12. The maximum Gasteiger partial charge on any atom is 0.226 e. The Balaban J connectivity index is 1.82. The van der Waals surface area contributed by atoms with Gasteiger partial charge in [0.05, 0.1) is 33.3 Å². The van der Waals surface area contributed by atoms with Crippen LogP contribution in [0.4, 0.5) is 10.3 Å². The highest BCUT2D eigenvalue weighted by Crippen LogP contribution is 2.30. The number of benzene rings is 2. The third-order valence-electron chi connectivity index (χ3n) is 4.68. The first kappa shape index (κ1) is 19.6. The number of aromatic nitrogens is 4. The lowest BCUT2D eigenvalue weighted by Crippen LogP contribution is -2.10. The van der Waals surface area contributed by atoms with E-state index in [0.29, 0.717) is 52.1 Å². The number of nitrogens with one attached hydrogen (secondary N) is 1. The Hall–Kier alpha value is -3.66. The fraction of sp³-hybridized carbons (Fsp3) is 0.250. The van der Waals surface area contributed by atoms with Gasteiger partial charge in [-0.15, -0.1) is 5.10 Å². The van der Waals surface area contributed by atoms with Crippen LogP contribution >= 0.6 is 0 Å². The van der Waals surface area contributed by atoms with Crippen molar-refractivity contribution in [2.75, 3.05) is 26.6 Å². The number of fused-ring (bicyclic) bond motifs is 3. The molecule has 30 heavy (non-hydrogen) atoms. The maximum atomic E-state index is 14.1. The normalized spacial score (nSPS) is 11.1. The van der Waals surface area contributed by atoms with Crippen molar-refractivity contribution < 1.29 is 18.6 Å². The zero-order valence-electron chi connectivity index (χ0n) is 16.8. The average Bonchev–Trinajstić information content (AvgIpc) is 3.22. The predicted octanol–water partition coefficient (Wildman–Crippen LogP) is 2.51. The Morgan fingerprint density at radius 1 is 1.03 bits per heavy atom. The van der Waals surface area contributed by atoms with E-state index in [4.69, 9.17) is 19.9 Å². The molecule has 156 valence electrons. The first-order valence-corrected chi connectivity index (χ1v) is 9.15. The zero-order valence-corrected chi connectivity index (χ0v) is 16.8. The molecule has 9 nitrogen and oxygen atoms in total. The monoisotopic (exact) mass is 412 g/mol. The number of hydrogen-bond donors (Lipinski definition) is 2. The molecule has 0 aliphatic heterocycles. The molecular formula is C20H21FN6O3. The van der Waals surface area contributed by atoms with E-state index in [9.17, 15) is 4.39 Å². The molecule has 2 aromatic heterocycles. The minimum absolute atomic E-state index is 0.140. The zero-order chi connectivity index (χ0) is 21.3. The smallest absolute Gasteiger partial charge is 0.226 e. The molecule has 0 saturated heterocycles. The molecule has 2 aromatic carbocycles. The molecule has 0 spiro atoms. The molecule has 0 saturated carbocycles. The molecule has 0 bridgehead atoms. The van der Waals surface area contributed by atoms with Gasteiger partial charge in [0, 0.05) is 24.2 Å². The Labute approximate surface area is 171 Å². The topological polar surface area (TPSA) is 109 Å². The first-order chi connectivity index (χ1) is 14.6. The van der Waals surface area contributed by atoms with Crippen molar-refractivity contribution in [3.63, 3.8) is 0 Å². The molecule has 10 heteroatoms. The Bertz CT molecular complexity index is 1230. The van der Waals surface area contributed by atoms with E-state index in [-0.39, 0.29) is 6.54 Å². The van der Waals surface area contributed by atoms with Crippen LogP contribution in [0.2, 0.25) is 0 Å². The number of halogens is 1. The molecule has 3 N–H and O–H groups in total. The van der Waals surface area contributed by atoms with Gasteiger partial charge in [0.25, 0.3) is 0 Å². The van der Waals surface area contributed by atoms with E-state index < -0.39 is 5.82 Å². The molecular weight excluding hydrogens is 391 g/mol. The minimum Gasteiger partial charge on any atom is -0.497 e. The molecule has 0 atom stereocenters. The number of nitrogens with two attached hydrogens (primary N) is 1. The van der Waals surface area contributed by atoms with Crippen molar-refractivity contribution in [2.24, 2.45) is 5.73 Å². The lowest BCUT2D eigenvalue weighted by molar-refractivity contribution is 0.391. The third-order valence-corrected chi connectivity index (χ3v) is 4.68. The molecule has 0 aliphatic rings. The van der Waals surface area contributed by atoms with E-state index in [1.165, 1.54) is 23.8 Å². The van der Waals surface area contributed by atoms with E-state index in [1.807, 2.05) is 12.1 Å². The quantitative estimate of drug-likeness (QED) is 0.477. The third kappa shape index (κ3) is 3.41. The van der Waals surface area contributed by atoms with Crippen molar-refractivity contribution in [1.29, 1.82) is 0 Å². The van der Waals surface area contributed by atoms with Crippen molar-refractivity contribution in [3.8, 4) is 17.2 Å². The SMILES string of the molecule is COc1ccc(CNc2nc3c(OC)cc(F)cc3c3nc(CN)nn23)c(OC)c1. The highest BCUT2D eigenvalue weighted by Gasteiger charge is 2.17. The van der Waals surface area contributed by atoms with Crippen LogP contribution < -0.4 is 25.3 Å². The Morgan fingerprint density at radius 3 is 2.53 bits per heavy atom. The maximum absolute atomic E-state index is 14.1. The summed E-state index contributed by atoms with van der Waals surface area (Å²) in [5.74, 6) is 2.03. The van der Waals surface area contributed by atoms with Crippen molar-refractivity contribution in [3.05, 3.63) is 47.5 Å². The summed E-state index contributed by atoms with van der Waals surface area (Å²) in [5.41, 5.74) is 7.50. The molecule has 4 aromatic rings. The standard InChI is InChI=1S/C20H21FN6O3/c1-28-13-5-4-11(15(8-13)29-2)10-23-20-25-18-14(6-12(21)7-16(18)30-3)19-24-17(9-22)26-27(19)20/h4-8H,9-10,22H2,1-3H3,(H,23,25). The van der Waals surface area contributed by atoms with Crippen LogP contribution in [0.3, 0.4) is 0 Å².